The van der Waals surface area contributed by atoms with E-state index in [1.54, 1.807) is 57.5 Å². The van der Waals surface area contributed by atoms with Crippen molar-refractivity contribution in [3.05, 3.63) is 120 Å². The molecular formula is C38H38N2O8. The molecule has 2 heterocycles. The minimum absolute atomic E-state index is 0.00593. The number of oxime groups is 2. The number of Topliss-reactive ketones (excluding diaryl/α,β-unsaturated/α-hetero) is 2. The molecule has 4 atom stereocenters. The van der Waals surface area contributed by atoms with Gasteiger partial charge in [0.05, 0.1) is 31.6 Å². The number of rotatable bonds is 12. The molecule has 0 radical (unpaired) electrons. The van der Waals surface area contributed by atoms with Crippen molar-refractivity contribution >= 4 is 23.0 Å². The Morgan fingerprint density at radius 2 is 1.10 bits per heavy atom. The lowest BCUT2D eigenvalue weighted by Crippen LogP contribution is -2.34. The largest absolute Gasteiger partial charge is 0.497 e. The van der Waals surface area contributed by atoms with E-state index >= 15 is 0 Å². The lowest BCUT2D eigenvalue weighted by molar-refractivity contribution is 0.0253. The van der Waals surface area contributed by atoms with Crippen LogP contribution in [0, 0.1) is 11.8 Å². The second kappa shape index (κ2) is 16.3. The Morgan fingerprint density at radius 1 is 0.604 bits per heavy atom. The number of carbonyl (C=O) groups is 2. The highest BCUT2D eigenvalue weighted by Crippen LogP contribution is 2.27. The van der Waals surface area contributed by atoms with E-state index in [4.69, 9.17) is 28.6 Å². The zero-order valence-electron chi connectivity index (χ0n) is 27.3. The van der Waals surface area contributed by atoms with E-state index < -0.39 is 18.1 Å². The fraction of sp³-hybridized carbons (Fsp3) is 0.263. The first kappa shape index (κ1) is 33.7. The van der Waals surface area contributed by atoms with Crippen LogP contribution in [0.1, 0.15) is 34.6 Å². The van der Waals surface area contributed by atoms with Gasteiger partial charge in [0.2, 0.25) is 11.9 Å². The molecule has 4 aromatic rings. The van der Waals surface area contributed by atoms with Gasteiger partial charge in [-0.15, -0.1) is 0 Å². The van der Waals surface area contributed by atoms with Crippen molar-refractivity contribution < 1.29 is 38.2 Å². The lowest BCUT2D eigenvalue weighted by Gasteiger charge is -2.18. The second-order valence-electron chi connectivity index (χ2n) is 11.2. The molecule has 0 aromatic heterocycles. The van der Waals surface area contributed by atoms with Crippen LogP contribution in [-0.4, -0.2) is 62.6 Å². The zero-order chi connectivity index (χ0) is 33.9. The molecule has 0 bridgehead atoms. The standard InChI is InChI=1S/2C19H19NO4/c1-13-18(19(21)14-7-4-3-5-8-14)17(24-20-13)12-23-16-10-6-9-15(11-16)22-2;1-13-17(12-23-16-10-6-9-15(11-16)22-2)19(24-20-13)18(21)14-7-4-3-5-8-14/h3-11,17-18H,12H2,1-2H3;3-11,17,19H,12H2,1-2H3/t17?,18-;17?,19-/m01/s1. The van der Waals surface area contributed by atoms with Crippen molar-refractivity contribution in [3.63, 3.8) is 0 Å². The molecule has 48 heavy (non-hydrogen) atoms. The summed E-state index contributed by atoms with van der Waals surface area (Å²) in [4.78, 5) is 36.2. The molecule has 0 saturated carbocycles. The molecule has 0 spiro atoms. The van der Waals surface area contributed by atoms with Gasteiger partial charge < -0.3 is 28.6 Å². The van der Waals surface area contributed by atoms with E-state index in [0.717, 1.165) is 11.5 Å². The zero-order valence-corrected chi connectivity index (χ0v) is 27.3. The van der Waals surface area contributed by atoms with Gasteiger partial charge in [-0.05, 0) is 38.1 Å². The Kier molecular flexibility index (Phi) is 11.4. The predicted molar refractivity (Wildman–Crippen MR) is 181 cm³/mol. The number of carbonyl (C=O) groups excluding carboxylic acids is 2. The molecule has 6 rings (SSSR count). The number of hydrogen-bond donors (Lipinski definition) is 0. The van der Waals surface area contributed by atoms with Crippen molar-refractivity contribution in [1.29, 1.82) is 0 Å². The molecule has 0 fully saturated rings. The van der Waals surface area contributed by atoms with Crippen LogP contribution >= 0.6 is 0 Å². The summed E-state index contributed by atoms with van der Waals surface area (Å²) in [6.07, 6.45) is -1.10. The average Bonchev–Trinajstić information content (AvgIpc) is 3.71. The van der Waals surface area contributed by atoms with Crippen LogP contribution in [0.4, 0.5) is 0 Å². The molecule has 2 aliphatic heterocycles. The maximum Gasteiger partial charge on any atom is 0.206 e. The number of benzene rings is 4. The van der Waals surface area contributed by atoms with E-state index in [1.807, 2.05) is 79.7 Å². The van der Waals surface area contributed by atoms with Crippen LogP contribution in [-0.2, 0) is 9.68 Å². The van der Waals surface area contributed by atoms with Gasteiger partial charge in [0.25, 0.3) is 0 Å². The molecule has 10 heteroatoms. The summed E-state index contributed by atoms with van der Waals surface area (Å²) in [6.45, 7) is 4.19. The molecule has 248 valence electrons. The summed E-state index contributed by atoms with van der Waals surface area (Å²) in [5, 5.41) is 7.97. The fourth-order valence-electron chi connectivity index (χ4n) is 5.26. The van der Waals surface area contributed by atoms with Crippen LogP contribution in [0.3, 0.4) is 0 Å². The van der Waals surface area contributed by atoms with E-state index in [1.165, 1.54) is 0 Å². The number of ether oxygens (including phenoxy) is 4. The maximum absolute atomic E-state index is 12.7. The number of nitrogens with zero attached hydrogens (tertiary/aromatic N) is 2. The topological polar surface area (TPSA) is 114 Å². The molecule has 0 aliphatic carbocycles. The highest BCUT2D eigenvalue weighted by Gasteiger charge is 2.39. The summed E-state index contributed by atoms with van der Waals surface area (Å²) in [6, 6.07) is 32.9. The number of hydrogen-bond acceptors (Lipinski definition) is 10. The number of methoxy groups -OCH3 is 2. The highest BCUT2D eigenvalue weighted by molar-refractivity contribution is 6.12. The Bertz CT molecular complexity index is 1740. The van der Waals surface area contributed by atoms with Gasteiger partial charge in [-0.25, -0.2) is 0 Å². The molecule has 0 saturated heterocycles. The predicted octanol–water partition coefficient (Wildman–Crippen LogP) is 6.70. The monoisotopic (exact) mass is 650 g/mol. The second-order valence-corrected chi connectivity index (χ2v) is 11.2. The van der Waals surface area contributed by atoms with E-state index in [0.29, 0.717) is 40.7 Å². The quantitative estimate of drug-likeness (QED) is 0.156. The fourth-order valence-corrected chi connectivity index (χ4v) is 5.26. The summed E-state index contributed by atoms with van der Waals surface area (Å²) in [7, 11) is 3.21. The lowest BCUT2D eigenvalue weighted by atomic mass is 9.90. The van der Waals surface area contributed by atoms with Crippen molar-refractivity contribution in [2.75, 3.05) is 27.4 Å². The summed E-state index contributed by atoms with van der Waals surface area (Å²) < 4.78 is 21.9. The minimum atomic E-state index is -0.655. The number of ketones is 2. The average molecular weight is 651 g/mol. The normalized spacial score (nSPS) is 19.3. The first-order chi connectivity index (χ1) is 23.4. The molecule has 2 unspecified atom stereocenters. The van der Waals surface area contributed by atoms with Crippen LogP contribution in [0.5, 0.6) is 23.0 Å². The van der Waals surface area contributed by atoms with Gasteiger partial charge in [-0.1, -0.05) is 83.1 Å². The Hall–Kier alpha value is -5.64. The third kappa shape index (κ3) is 8.38. The molecular weight excluding hydrogens is 612 g/mol. The third-order valence-corrected chi connectivity index (χ3v) is 7.95. The molecule has 4 aromatic carbocycles. The van der Waals surface area contributed by atoms with Gasteiger partial charge in [-0.3, -0.25) is 9.59 Å². The van der Waals surface area contributed by atoms with Gasteiger partial charge >= 0.3 is 0 Å². The van der Waals surface area contributed by atoms with Crippen LogP contribution in [0.15, 0.2) is 120 Å². The van der Waals surface area contributed by atoms with Gasteiger partial charge in [0.1, 0.15) is 42.1 Å². The SMILES string of the molecule is COc1cccc(OCC2C(C)=NO[C@H]2C(=O)c2ccccc2)c1.COc1cccc(OCC2ON=C(C)[C@@H]2C(=O)c2ccccc2)c1. The van der Waals surface area contributed by atoms with Crippen LogP contribution < -0.4 is 18.9 Å². The third-order valence-electron chi connectivity index (χ3n) is 7.95. The first-order valence-corrected chi connectivity index (χ1v) is 15.5. The van der Waals surface area contributed by atoms with E-state index in [2.05, 4.69) is 10.3 Å². The first-order valence-electron chi connectivity index (χ1n) is 15.5. The van der Waals surface area contributed by atoms with Crippen molar-refractivity contribution in [2.45, 2.75) is 26.1 Å². The Balaban J connectivity index is 0.000000188. The summed E-state index contributed by atoms with van der Waals surface area (Å²) in [5.41, 5.74) is 2.68. The molecule has 0 amide bonds. The maximum atomic E-state index is 12.7. The van der Waals surface area contributed by atoms with Crippen LogP contribution in [0.2, 0.25) is 0 Å². The smallest absolute Gasteiger partial charge is 0.206 e. The van der Waals surface area contributed by atoms with Crippen LogP contribution in [0.25, 0.3) is 0 Å². The Labute approximate surface area is 279 Å². The summed E-state index contributed by atoms with van der Waals surface area (Å²) >= 11 is 0. The molecule has 2 aliphatic rings. The van der Waals surface area contributed by atoms with Gasteiger partial charge in [0, 0.05) is 23.3 Å². The highest BCUT2D eigenvalue weighted by atomic mass is 16.7. The molecule has 10 nitrogen and oxygen atoms in total. The van der Waals surface area contributed by atoms with Crippen molar-refractivity contribution in [2.24, 2.45) is 22.1 Å². The van der Waals surface area contributed by atoms with E-state index in [-0.39, 0.29) is 24.1 Å². The van der Waals surface area contributed by atoms with Crippen molar-refractivity contribution in [1.82, 2.24) is 0 Å². The van der Waals surface area contributed by atoms with E-state index in [9.17, 15) is 9.59 Å². The minimum Gasteiger partial charge on any atom is -0.497 e. The summed E-state index contributed by atoms with van der Waals surface area (Å²) in [5.74, 6) is 2.03. The Morgan fingerprint density at radius 3 is 1.67 bits per heavy atom. The molecule has 0 N–H and O–H groups in total. The van der Waals surface area contributed by atoms with Crippen molar-refractivity contribution in [3.8, 4) is 23.0 Å². The van der Waals surface area contributed by atoms with Gasteiger partial charge in [0.15, 0.2) is 11.9 Å². The van der Waals surface area contributed by atoms with Gasteiger partial charge in [-0.2, -0.15) is 0 Å².